The fourth-order valence-corrected chi connectivity index (χ4v) is 0. The standard InChI is InChI=1S/2C.2Ga.3O.2Pt/q;;2*+3;3*-2;;. The summed E-state index contributed by atoms with van der Waals surface area (Å²) in [5, 5.41) is 0. The molecule has 0 heterocycles. The molecule has 0 unspecified atom stereocenters. The molecule has 0 saturated carbocycles. The third kappa shape index (κ3) is 120. The maximum atomic E-state index is 0. The van der Waals surface area contributed by atoms with Crippen molar-refractivity contribution in [3.63, 3.8) is 0 Å². The Morgan fingerprint density at radius 1 is 0.444 bits per heavy atom. The van der Waals surface area contributed by atoms with Crippen LogP contribution in [0.3, 0.4) is 0 Å². The summed E-state index contributed by atoms with van der Waals surface area (Å²) in [5.74, 6) is 0. The van der Waals surface area contributed by atoms with Gasteiger partial charge < -0.3 is 16.4 Å². The predicted molar refractivity (Wildman–Crippen MR) is 20.1 cm³/mol. The molecule has 0 aromatic heterocycles. The van der Waals surface area contributed by atoms with Crippen LogP contribution in [0.15, 0.2) is 0 Å². The van der Waals surface area contributed by atoms with E-state index in [1.54, 1.807) is 0 Å². The molecule has 52 valence electrons. The van der Waals surface area contributed by atoms with E-state index in [1.165, 1.54) is 0 Å². The van der Waals surface area contributed by atoms with E-state index in [0.717, 1.165) is 0 Å². The molecule has 0 aliphatic rings. The van der Waals surface area contributed by atoms with Crippen LogP contribution in [0.5, 0.6) is 0 Å². The third-order valence-corrected chi connectivity index (χ3v) is 0. The average Bonchev–Trinajstić information content (AvgIpc) is 0. The van der Waals surface area contributed by atoms with Gasteiger partial charge in [-0.1, -0.05) is 0 Å². The average molecular weight is 602 g/mol. The topological polar surface area (TPSA) is 85.5 Å². The molecule has 3 nitrogen and oxygen atoms in total. The Bertz CT molecular complexity index is 17.8. The SMILES string of the molecule is [C].[C].[Ga+3].[Ga+3].[O-2].[O-2].[O-2].[Pt].[Pt]. The van der Waals surface area contributed by atoms with Crippen LogP contribution in [0.2, 0.25) is 0 Å². The van der Waals surface area contributed by atoms with Crippen LogP contribution in [0.1, 0.15) is 0 Å². The van der Waals surface area contributed by atoms with E-state index in [2.05, 4.69) is 0 Å². The Hall–Kier alpha value is 2.53. The van der Waals surface area contributed by atoms with Gasteiger partial charge in [-0.05, 0) is 0 Å². The van der Waals surface area contributed by atoms with Gasteiger partial charge in [0.05, 0.1) is 0 Å². The van der Waals surface area contributed by atoms with Crippen molar-refractivity contribution >= 4 is 39.6 Å². The summed E-state index contributed by atoms with van der Waals surface area (Å²) >= 11 is 0. The van der Waals surface area contributed by atoms with Crippen LogP contribution in [0, 0.1) is 14.9 Å². The van der Waals surface area contributed by atoms with Crippen molar-refractivity contribution in [2.24, 2.45) is 0 Å². The van der Waals surface area contributed by atoms with Crippen LogP contribution in [0.25, 0.3) is 0 Å². The minimum absolute atomic E-state index is 0. The van der Waals surface area contributed by atoms with Gasteiger partial charge in [0.15, 0.2) is 0 Å². The van der Waals surface area contributed by atoms with E-state index in [-0.39, 0.29) is 113 Å². The van der Waals surface area contributed by atoms with Gasteiger partial charge >= 0.3 is 39.6 Å². The summed E-state index contributed by atoms with van der Waals surface area (Å²) in [6.45, 7) is 0. The van der Waals surface area contributed by atoms with Gasteiger partial charge in [-0.15, -0.1) is 0 Å². The fraction of sp³-hybridized carbons (Fsp3) is 0. The fourth-order valence-electron chi connectivity index (χ4n) is 0. The first-order valence-electron chi connectivity index (χ1n) is 0. The molecule has 0 aromatic carbocycles. The molecule has 0 aliphatic carbocycles. The number of hydrogen-bond donors (Lipinski definition) is 0. The second-order valence-electron chi connectivity index (χ2n) is 0. The maximum absolute atomic E-state index is 0. The molecule has 0 rings (SSSR count). The zero-order valence-corrected chi connectivity index (χ0v) is 13.4. The normalized spacial score (nSPS) is 0. The summed E-state index contributed by atoms with van der Waals surface area (Å²) < 4.78 is 0. The van der Waals surface area contributed by atoms with E-state index in [0.29, 0.717) is 0 Å². The Morgan fingerprint density at radius 2 is 0.444 bits per heavy atom. The van der Waals surface area contributed by atoms with Crippen LogP contribution in [0.4, 0.5) is 0 Å². The summed E-state index contributed by atoms with van der Waals surface area (Å²) in [6, 6.07) is 0. The molecule has 0 atom stereocenters. The third-order valence-electron chi connectivity index (χ3n) is 0. The first-order valence-corrected chi connectivity index (χ1v) is 0. The first kappa shape index (κ1) is 200. The van der Waals surface area contributed by atoms with E-state index in [9.17, 15) is 0 Å². The molecule has 0 aromatic rings. The second-order valence-corrected chi connectivity index (χ2v) is 0. The van der Waals surface area contributed by atoms with Crippen molar-refractivity contribution in [3.8, 4) is 0 Å². The molecule has 8 radical (unpaired) electrons. The molecule has 7 heteroatoms. The molecule has 0 saturated heterocycles. The van der Waals surface area contributed by atoms with Crippen LogP contribution < -0.4 is 0 Å². The summed E-state index contributed by atoms with van der Waals surface area (Å²) in [6.07, 6.45) is 0. The molecule has 9 heavy (non-hydrogen) atoms. The quantitative estimate of drug-likeness (QED) is 0.321. The summed E-state index contributed by atoms with van der Waals surface area (Å²) in [4.78, 5) is 0. The van der Waals surface area contributed by atoms with Gasteiger partial charge in [0.2, 0.25) is 0 Å². The van der Waals surface area contributed by atoms with Crippen molar-refractivity contribution in [1.82, 2.24) is 0 Å². The number of rotatable bonds is 0. The van der Waals surface area contributed by atoms with Crippen LogP contribution in [-0.2, 0) is 58.6 Å². The minimum Gasteiger partial charge on any atom is -2.00 e. The molecule has 0 spiro atoms. The maximum Gasteiger partial charge on any atom is 3.00 e. The van der Waals surface area contributed by atoms with E-state index in [4.69, 9.17) is 0 Å². The van der Waals surface area contributed by atoms with Gasteiger partial charge in [0.1, 0.15) is 0 Å². The molecule has 0 bridgehead atoms. The minimum atomic E-state index is 0. The van der Waals surface area contributed by atoms with E-state index < -0.39 is 0 Å². The smallest absolute Gasteiger partial charge is 2.00 e. The van der Waals surface area contributed by atoms with Crippen molar-refractivity contribution in [3.05, 3.63) is 14.9 Å². The van der Waals surface area contributed by atoms with Gasteiger partial charge in [0, 0.05) is 57.0 Å². The van der Waals surface area contributed by atoms with Crippen LogP contribution in [-0.4, -0.2) is 39.6 Å². The van der Waals surface area contributed by atoms with Crippen molar-refractivity contribution in [2.75, 3.05) is 0 Å². The van der Waals surface area contributed by atoms with E-state index >= 15 is 0 Å². The van der Waals surface area contributed by atoms with Gasteiger partial charge in [-0.2, -0.15) is 0 Å². The Kier molecular flexibility index (Phi) is 3320. The first-order chi connectivity index (χ1) is 0. The molecule has 0 fully saturated rings. The molecule has 0 aliphatic heterocycles. The number of hydrogen-bond acceptors (Lipinski definition) is 0. The van der Waals surface area contributed by atoms with Crippen molar-refractivity contribution in [2.45, 2.75) is 0 Å². The zero-order valence-electron chi connectivity index (χ0n) is 4.01. The van der Waals surface area contributed by atoms with Gasteiger partial charge in [-0.25, -0.2) is 0 Å². The molecular weight excluding hydrogens is 602 g/mol. The van der Waals surface area contributed by atoms with Gasteiger partial charge in [-0.3, -0.25) is 0 Å². The largest absolute Gasteiger partial charge is 3.00 e. The predicted octanol–water partition coefficient (Wildman–Crippen LogP) is -0.960. The van der Waals surface area contributed by atoms with Crippen molar-refractivity contribution in [1.29, 1.82) is 0 Å². The van der Waals surface area contributed by atoms with Crippen molar-refractivity contribution < 1.29 is 58.6 Å². The molecule has 0 amide bonds. The summed E-state index contributed by atoms with van der Waals surface area (Å²) in [7, 11) is 0. The van der Waals surface area contributed by atoms with E-state index in [1.807, 2.05) is 0 Å². The van der Waals surface area contributed by atoms with Crippen LogP contribution >= 0.6 is 0 Å². The zero-order chi connectivity index (χ0) is 0. The Morgan fingerprint density at radius 3 is 0.444 bits per heavy atom. The Labute approximate surface area is 112 Å². The molecule has 0 N–H and O–H groups in total. The summed E-state index contributed by atoms with van der Waals surface area (Å²) in [5.41, 5.74) is 0. The van der Waals surface area contributed by atoms with Gasteiger partial charge in [0.25, 0.3) is 0 Å². The monoisotopic (exact) mass is 600 g/mol. The molecular formula is C2Ga2O3Pt2. The second kappa shape index (κ2) is 149. The Balaban J connectivity index is 0.